The molecule has 146 valence electrons. The Balaban J connectivity index is 1.45. The van der Waals surface area contributed by atoms with Gasteiger partial charge in [0.25, 0.3) is 0 Å². The zero-order chi connectivity index (χ0) is 20.3. The molecule has 0 radical (unpaired) electrons. The first-order valence-electron chi connectivity index (χ1n) is 9.95. The van der Waals surface area contributed by atoms with Crippen LogP contribution in [0.4, 0.5) is 5.69 Å². The molecule has 4 aromatic carbocycles. The Morgan fingerprint density at radius 2 is 1.33 bits per heavy atom. The van der Waals surface area contributed by atoms with Crippen molar-refractivity contribution in [3.8, 4) is 17.2 Å². The van der Waals surface area contributed by atoms with Crippen LogP contribution in [0.5, 0.6) is 17.2 Å². The minimum atomic E-state index is 0.144. The molecule has 3 heteroatoms. The van der Waals surface area contributed by atoms with E-state index < -0.39 is 0 Å². The van der Waals surface area contributed by atoms with Gasteiger partial charge in [0.1, 0.15) is 17.2 Å². The van der Waals surface area contributed by atoms with Gasteiger partial charge in [0.2, 0.25) is 0 Å². The molecule has 0 fully saturated rings. The van der Waals surface area contributed by atoms with Crippen molar-refractivity contribution in [1.29, 1.82) is 0 Å². The van der Waals surface area contributed by atoms with Crippen molar-refractivity contribution in [2.45, 2.75) is 5.92 Å². The van der Waals surface area contributed by atoms with E-state index in [2.05, 4.69) is 53.5 Å². The summed E-state index contributed by atoms with van der Waals surface area (Å²) in [5.74, 6) is 2.82. The van der Waals surface area contributed by atoms with Gasteiger partial charge in [-0.2, -0.15) is 0 Å². The number of aliphatic imine (C=N–C) groups is 1. The monoisotopic (exact) mass is 391 g/mol. The molecule has 5 rings (SSSR count). The summed E-state index contributed by atoms with van der Waals surface area (Å²) >= 11 is 0. The first kappa shape index (κ1) is 18.2. The second kappa shape index (κ2) is 7.88. The van der Waals surface area contributed by atoms with Crippen LogP contribution < -0.4 is 9.47 Å². The average molecular weight is 391 g/mol. The molecule has 1 aliphatic rings. The number of hydrogen-bond donors (Lipinski definition) is 0. The van der Waals surface area contributed by atoms with E-state index >= 15 is 0 Å². The number of fused-ring (bicyclic) bond motifs is 2. The number of rotatable bonds is 4. The number of nitrogens with zero attached hydrogens (tertiary/aromatic N) is 1. The largest absolute Gasteiger partial charge is 0.497 e. The number of benzene rings is 4. The predicted octanol–water partition coefficient (Wildman–Crippen LogP) is 6.73. The lowest BCUT2D eigenvalue weighted by molar-refractivity contribution is 0.415. The van der Waals surface area contributed by atoms with Crippen LogP contribution in [-0.2, 0) is 0 Å². The van der Waals surface area contributed by atoms with Gasteiger partial charge >= 0.3 is 0 Å². The molecule has 0 aromatic heterocycles. The Morgan fingerprint density at radius 1 is 0.733 bits per heavy atom. The summed E-state index contributed by atoms with van der Waals surface area (Å²) in [7, 11) is 1.67. The van der Waals surface area contributed by atoms with Gasteiger partial charge < -0.3 is 9.47 Å². The molecule has 4 aromatic rings. The molecule has 0 N–H and O–H groups in total. The van der Waals surface area contributed by atoms with E-state index in [0.717, 1.165) is 28.5 Å². The minimum Gasteiger partial charge on any atom is -0.497 e. The Hall–Kier alpha value is -3.85. The maximum atomic E-state index is 6.12. The SMILES string of the molecule is COc1ccc(C=Nc2ccc(C3c4ccccc4Oc4ccccc43)cc2)cc1. The zero-order valence-corrected chi connectivity index (χ0v) is 16.7. The Morgan fingerprint density at radius 3 is 1.93 bits per heavy atom. The van der Waals surface area contributed by atoms with Crippen molar-refractivity contribution < 1.29 is 9.47 Å². The molecule has 0 spiro atoms. The van der Waals surface area contributed by atoms with Gasteiger partial charge in [-0.05, 0) is 59.7 Å². The van der Waals surface area contributed by atoms with Gasteiger partial charge in [0.15, 0.2) is 0 Å². The van der Waals surface area contributed by atoms with Crippen molar-refractivity contribution in [2.75, 3.05) is 7.11 Å². The summed E-state index contributed by atoms with van der Waals surface area (Å²) in [5.41, 5.74) is 5.55. The van der Waals surface area contributed by atoms with Gasteiger partial charge in [-0.25, -0.2) is 0 Å². The number of para-hydroxylation sites is 2. The second-order valence-corrected chi connectivity index (χ2v) is 7.23. The fourth-order valence-electron chi connectivity index (χ4n) is 3.86. The molecule has 0 bridgehead atoms. The molecule has 0 atom stereocenters. The average Bonchev–Trinajstić information content (AvgIpc) is 2.82. The van der Waals surface area contributed by atoms with Crippen molar-refractivity contribution in [2.24, 2.45) is 4.99 Å². The summed E-state index contributed by atoms with van der Waals surface area (Å²) in [5, 5.41) is 0. The van der Waals surface area contributed by atoms with Crippen LogP contribution in [0.1, 0.15) is 28.2 Å². The number of ether oxygens (including phenoxy) is 2. The van der Waals surface area contributed by atoms with E-state index in [0.29, 0.717) is 0 Å². The van der Waals surface area contributed by atoms with Crippen molar-refractivity contribution >= 4 is 11.9 Å². The van der Waals surface area contributed by atoms with Gasteiger partial charge in [0.05, 0.1) is 12.8 Å². The van der Waals surface area contributed by atoms with E-state index in [1.807, 2.05) is 54.7 Å². The zero-order valence-electron chi connectivity index (χ0n) is 16.7. The molecule has 0 aliphatic carbocycles. The Kier molecular flexibility index (Phi) is 4.78. The molecule has 1 aliphatic heterocycles. The molecule has 0 amide bonds. The van der Waals surface area contributed by atoms with E-state index in [1.54, 1.807) is 7.11 Å². The summed E-state index contributed by atoms with van der Waals surface area (Å²) in [6.45, 7) is 0. The number of methoxy groups -OCH3 is 1. The van der Waals surface area contributed by atoms with Crippen LogP contribution in [0.25, 0.3) is 0 Å². The Bertz CT molecular complexity index is 1150. The lowest BCUT2D eigenvalue weighted by Gasteiger charge is -2.28. The first-order valence-corrected chi connectivity index (χ1v) is 9.95. The molecule has 0 saturated carbocycles. The third kappa shape index (κ3) is 3.46. The van der Waals surface area contributed by atoms with Crippen molar-refractivity contribution in [3.05, 3.63) is 119 Å². The van der Waals surface area contributed by atoms with Gasteiger partial charge in [-0.15, -0.1) is 0 Å². The maximum absolute atomic E-state index is 6.12. The molecule has 0 unspecified atom stereocenters. The van der Waals surface area contributed by atoms with E-state index in [1.165, 1.54) is 16.7 Å². The van der Waals surface area contributed by atoms with Crippen LogP contribution in [0.3, 0.4) is 0 Å². The molecular weight excluding hydrogens is 370 g/mol. The van der Waals surface area contributed by atoms with E-state index in [4.69, 9.17) is 9.47 Å². The van der Waals surface area contributed by atoms with Crippen LogP contribution >= 0.6 is 0 Å². The normalized spacial score (nSPS) is 12.8. The van der Waals surface area contributed by atoms with Crippen LogP contribution in [0.15, 0.2) is 102 Å². The van der Waals surface area contributed by atoms with E-state index in [-0.39, 0.29) is 5.92 Å². The molecule has 0 saturated heterocycles. The quantitative estimate of drug-likeness (QED) is 0.318. The molecule has 3 nitrogen and oxygen atoms in total. The van der Waals surface area contributed by atoms with Crippen molar-refractivity contribution in [3.63, 3.8) is 0 Å². The van der Waals surface area contributed by atoms with Gasteiger partial charge in [-0.3, -0.25) is 4.99 Å². The van der Waals surface area contributed by atoms with Gasteiger partial charge in [-0.1, -0.05) is 48.5 Å². The van der Waals surface area contributed by atoms with Crippen LogP contribution in [0, 0.1) is 0 Å². The number of hydrogen-bond acceptors (Lipinski definition) is 3. The van der Waals surface area contributed by atoms with Crippen LogP contribution in [-0.4, -0.2) is 13.3 Å². The fourth-order valence-corrected chi connectivity index (χ4v) is 3.86. The first-order chi connectivity index (χ1) is 14.8. The lowest BCUT2D eigenvalue weighted by Crippen LogP contribution is -2.11. The summed E-state index contributed by atoms with van der Waals surface area (Å²) in [6.07, 6.45) is 1.87. The Labute approximate surface area is 176 Å². The van der Waals surface area contributed by atoms with Crippen LogP contribution in [0.2, 0.25) is 0 Å². The summed E-state index contributed by atoms with van der Waals surface area (Å²) in [4.78, 5) is 4.62. The molecular formula is C27H21NO2. The minimum absolute atomic E-state index is 0.144. The molecule has 1 heterocycles. The third-order valence-electron chi connectivity index (χ3n) is 5.38. The highest BCUT2D eigenvalue weighted by molar-refractivity contribution is 5.82. The standard InChI is InChI=1S/C27H21NO2/c1-29-22-16-10-19(11-17-22)18-28-21-14-12-20(13-15-21)27-23-6-2-4-8-25(23)30-26-9-5-3-7-24(26)27/h2-18,27H,1H3. The summed E-state index contributed by atoms with van der Waals surface area (Å²) in [6, 6.07) is 32.8. The topological polar surface area (TPSA) is 30.8 Å². The van der Waals surface area contributed by atoms with Crippen molar-refractivity contribution in [1.82, 2.24) is 0 Å². The van der Waals surface area contributed by atoms with Gasteiger partial charge in [0, 0.05) is 23.3 Å². The second-order valence-electron chi connectivity index (χ2n) is 7.23. The predicted molar refractivity (Wildman–Crippen MR) is 121 cm³/mol. The third-order valence-corrected chi connectivity index (χ3v) is 5.38. The lowest BCUT2D eigenvalue weighted by atomic mass is 9.83. The maximum Gasteiger partial charge on any atom is 0.131 e. The fraction of sp³-hybridized carbons (Fsp3) is 0.0741. The highest BCUT2D eigenvalue weighted by atomic mass is 16.5. The summed E-state index contributed by atoms with van der Waals surface area (Å²) < 4.78 is 11.3. The highest BCUT2D eigenvalue weighted by Gasteiger charge is 2.27. The van der Waals surface area contributed by atoms with E-state index in [9.17, 15) is 0 Å². The smallest absolute Gasteiger partial charge is 0.131 e. The highest BCUT2D eigenvalue weighted by Crippen LogP contribution is 2.47. The molecule has 30 heavy (non-hydrogen) atoms.